The predicted molar refractivity (Wildman–Crippen MR) is 116 cm³/mol. The monoisotopic (exact) mass is 455 g/mol. The van der Waals surface area contributed by atoms with Crippen molar-refractivity contribution in [3.8, 4) is 17.3 Å². The molecule has 0 bridgehead atoms. The minimum absolute atomic E-state index is 0.0844. The van der Waals surface area contributed by atoms with Gasteiger partial charge in [0, 0.05) is 27.9 Å². The molecule has 4 rings (SSSR count). The molecule has 0 saturated carbocycles. The Kier molecular flexibility index (Phi) is 4.74. The van der Waals surface area contributed by atoms with Gasteiger partial charge in [-0.1, -0.05) is 22.0 Å². The molecule has 2 N–H and O–H groups in total. The first-order valence-corrected chi connectivity index (χ1v) is 9.46. The first-order valence-electron chi connectivity index (χ1n) is 8.26. The summed E-state index contributed by atoms with van der Waals surface area (Å²) in [6.45, 7) is 0. The Bertz CT molecular complexity index is 1270. The molecule has 0 fully saturated rings. The van der Waals surface area contributed by atoms with Gasteiger partial charge in [-0.25, -0.2) is 0 Å². The van der Waals surface area contributed by atoms with Crippen LogP contribution in [0.25, 0.3) is 17.3 Å². The molecule has 0 radical (unpaired) electrons. The number of H-pyrrole nitrogens is 1. The summed E-state index contributed by atoms with van der Waals surface area (Å²) in [7, 11) is 1.55. The first-order chi connectivity index (χ1) is 13.5. The molecule has 0 unspecified atom stereocenters. The van der Waals surface area contributed by atoms with Crippen molar-refractivity contribution < 1.29 is 9.84 Å². The molecule has 0 aliphatic carbocycles. The Morgan fingerprint density at radius 3 is 2.89 bits per heavy atom. The highest BCUT2D eigenvalue weighted by atomic mass is 79.9. The van der Waals surface area contributed by atoms with E-state index in [1.54, 1.807) is 43.7 Å². The number of rotatable bonds is 3. The first kappa shape index (κ1) is 18.4. The summed E-state index contributed by atoms with van der Waals surface area (Å²) < 4.78 is 7.60. The Morgan fingerprint density at radius 1 is 1.29 bits per heavy atom. The SMILES string of the molecule is COc1cccc(-n2c(O)c(C=C3C=Nc4ccc(Br)cc43)c(=O)[nH]c2=S)c1. The molecule has 0 amide bonds. The number of nitrogens with one attached hydrogen (secondary N) is 1. The van der Waals surface area contributed by atoms with E-state index in [1.807, 2.05) is 18.2 Å². The highest BCUT2D eigenvalue weighted by molar-refractivity contribution is 9.10. The molecular formula is C20H14BrN3O3S. The number of fused-ring (bicyclic) bond motifs is 1. The quantitative estimate of drug-likeness (QED) is 0.564. The normalized spacial score (nSPS) is 13.7. The average molecular weight is 456 g/mol. The minimum atomic E-state index is -0.481. The molecule has 6 nitrogen and oxygen atoms in total. The standard InChI is InChI=1S/C20H14BrN3O3S/c1-27-14-4-2-3-13(9-14)24-19(26)16(18(25)23-20(24)28)7-11-10-22-17-6-5-12(21)8-15(11)17/h2-10,26H,1H3,(H,23,25,28). The van der Waals surface area contributed by atoms with Gasteiger partial charge in [0.1, 0.15) is 11.3 Å². The zero-order valence-corrected chi connectivity index (χ0v) is 17.0. The molecule has 0 spiro atoms. The van der Waals surface area contributed by atoms with Crippen LogP contribution in [0.5, 0.6) is 11.6 Å². The summed E-state index contributed by atoms with van der Waals surface area (Å²) in [6, 6.07) is 12.7. The number of aromatic hydroxyl groups is 1. The zero-order valence-electron chi connectivity index (χ0n) is 14.6. The predicted octanol–water partition coefficient (Wildman–Crippen LogP) is 4.63. The molecule has 8 heteroatoms. The van der Waals surface area contributed by atoms with Crippen LogP contribution >= 0.6 is 28.1 Å². The molecule has 3 aromatic rings. The number of ether oxygens (including phenoxy) is 1. The van der Waals surface area contributed by atoms with Crippen LogP contribution in [0.1, 0.15) is 11.1 Å². The summed E-state index contributed by atoms with van der Waals surface area (Å²) >= 11 is 8.71. The second-order valence-electron chi connectivity index (χ2n) is 6.05. The van der Waals surface area contributed by atoms with Gasteiger partial charge in [-0.3, -0.25) is 19.3 Å². The number of hydrogen-bond acceptors (Lipinski definition) is 5. The lowest BCUT2D eigenvalue weighted by molar-refractivity contribution is 0.413. The van der Waals surface area contributed by atoms with Crippen LogP contribution in [0.2, 0.25) is 0 Å². The topological polar surface area (TPSA) is 79.6 Å². The highest BCUT2D eigenvalue weighted by Crippen LogP contribution is 2.35. The van der Waals surface area contributed by atoms with Gasteiger partial charge in [-0.2, -0.15) is 0 Å². The molecule has 2 heterocycles. The third-order valence-corrected chi connectivity index (χ3v) is 5.12. The number of aromatic amines is 1. The largest absolute Gasteiger partial charge is 0.497 e. The van der Waals surface area contributed by atoms with E-state index < -0.39 is 5.56 Å². The summed E-state index contributed by atoms with van der Waals surface area (Å²) in [5, 5.41) is 10.9. The molecule has 140 valence electrons. The number of nitrogens with zero attached hydrogens (tertiary/aromatic N) is 2. The van der Waals surface area contributed by atoms with Crippen molar-refractivity contribution >= 4 is 51.7 Å². The van der Waals surface area contributed by atoms with E-state index in [9.17, 15) is 9.90 Å². The lowest BCUT2D eigenvalue weighted by Crippen LogP contribution is -2.16. The lowest BCUT2D eigenvalue weighted by Gasteiger charge is -2.12. The van der Waals surface area contributed by atoms with Gasteiger partial charge in [0.15, 0.2) is 4.77 Å². The molecule has 2 aromatic carbocycles. The number of aliphatic imine (C=N–C) groups is 1. The molecule has 1 aromatic heterocycles. The van der Waals surface area contributed by atoms with E-state index in [-0.39, 0.29) is 16.2 Å². The molecule has 28 heavy (non-hydrogen) atoms. The smallest absolute Gasteiger partial charge is 0.262 e. The Morgan fingerprint density at radius 2 is 2.11 bits per heavy atom. The number of aromatic nitrogens is 2. The van der Waals surface area contributed by atoms with Gasteiger partial charge in [0.2, 0.25) is 5.88 Å². The van der Waals surface area contributed by atoms with Crippen LogP contribution in [-0.2, 0) is 0 Å². The fraction of sp³-hybridized carbons (Fsp3) is 0.0500. The molecular weight excluding hydrogens is 442 g/mol. The Hall–Kier alpha value is -2.97. The Labute approximate surface area is 173 Å². The van der Waals surface area contributed by atoms with Gasteiger partial charge in [0.25, 0.3) is 5.56 Å². The molecule has 0 atom stereocenters. The highest BCUT2D eigenvalue weighted by Gasteiger charge is 2.17. The van der Waals surface area contributed by atoms with Crippen molar-refractivity contribution in [3.05, 3.63) is 73.2 Å². The summed E-state index contributed by atoms with van der Waals surface area (Å²) in [4.78, 5) is 19.5. The number of hydrogen-bond donors (Lipinski definition) is 2. The maximum absolute atomic E-state index is 12.5. The Balaban J connectivity index is 1.91. The fourth-order valence-corrected chi connectivity index (χ4v) is 3.63. The van der Waals surface area contributed by atoms with Crippen molar-refractivity contribution in [1.29, 1.82) is 0 Å². The van der Waals surface area contributed by atoms with Crippen molar-refractivity contribution in [2.75, 3.05) is 7.11 Å². The van der Waals surface area contributed by atoms with E-state index in [0.29, 0.717) is 17.0 Å². The van der Waals surface area contributed by atoms with E-state index in [1.165, 1.54) is 4.57 Å². The van der Waals surface area contributed by atoms with Crippen molar-refractivity contribution in [3.63, 3.8) is 0 Å². The minimum Gasteiger partial charge on any atom is -0.497 e. The van der Waals surface area contributed by atoms with E-state index >= 15 is 0 Å². The van der Waals surface area contributed by atoms with Gasteiger partial charge >= 0.3 is 0 Å². The molecule has 0 saturated heterocycles. The molecule has 1 aliphatic heterocycles. The van der Waals surface area contributed by atoms with Crippen molar-refractivity contribution in [2.24, 2.45) is 4.99 Å². The van der Waals surface area contributed by atoms with Crippen LogP contribution in [0.3, 0.4) is 0 Å². The van der Waals surface area contributed by atoms with Crippen LogP contribution < -0.4 is 10.3 Å². The summed E-state index contributed by atoms with van der Waals surface area (Å²) in [5.74, 6) is 0.345. The number of methoxy groups -OCH3 is 1. The van der Waals surface area contributed by atoms with Crippen LogP contribution in [0, 0.1) is 4.77 Å². The van der Waals surface area contributed by atoms with Gasteiger partial charge in [-0.05, 0) is 48.6 Å². The maximum atomic E-state index is 12.5. The summed E-state index contributed by atoms with van der Waals surface area (Å²) in [5.41, 5.74) is 2.55. The second-order valence-corrected chi connectivity index (χ2v) is 7.36. The lowest BCUT2D eigenvalue weighted by atomic mass is 10.1. The van der Waals surface area contributed by atoms with Gasteiger partial charge in [-0.15, -0.1) is 0 Å². The molecule has 1 aliphatic rings. The number of allylic oxidation sites excluding steroid dienone is 1. The fourth-order valence-electron chi connectivity index (χ4n) is 2.99. The number of halogens is 1. The third kappa shape index (κ3) is 3.21. The van der Waals surface area contributed by atoms with Gasteiger partial charge in [0.05, 0.1) is 18.5 Å². The summed E-state index contributed by atoms with van der Waals surface area (Å²) in [6.07, 6.45) is 3.26. The van der Waals surface area contributed by atoms with Crippen molar-refractivity contribution in [1.82, 2.24) is 9.55 Å². The second kappa shape index (κ2) is 7.21. The van der Waals surface area contributed by atoms with E-state index in [4.69, 9.17) is 17.0 Å². The number of benzene rings is 2. The maximum Gasteiger partial charge on any atom is 0.262 e. The van der Waals surface area contributed by atoms with E-state index in [0.717, 1.165) is 15.7 Å². The van der Waals surface area contributed by atoms with Crippen LogP contribution in [0.15, 0.2) is 56.7 Å². The van der Waals surface area contributed by atoms with Crippen LogP contribution in [-0.4, -0.2) is 28.0 Å². The third-order valence-electron chi connectivity index (χ3n) is 4.34. The zero-order chi connectivity index (χ0) is 19.8. The van der Waals surface area contributed by atoms with E-state index in [2.05, 4.69) is 25.9 Å². The van der Waals surface area contributed by atoms with Crippen molar-refractivity contribution in [2.45, 2.75) is 0 Å². The van der Waals surface area contributed by atoms with Gasteiger partial charge < -0.3 is 9.84 Å². The average Bonchev–Trinajstić information content (AvgIpc) is 3.07. The van der Waals surface area contributed by atoms with Crippen LogP contribution in [0.4, 0.5) is 5.69 Å².